The average molecular weight is 474 g/mol. The number of likely N-dealkylation sites (tertiary alicyclic amines) is 1. The zero-order valence-corrected chi connectivity index (χ0v) is 17.8. The molecular formula is C23H24F6N2O2. The average Bonchev–Trinajstić information content (AvgIpc) is 2.78. The van der Waals surface area contributed by atoms with Crippen LogP contribution in [0.3, 0.4) is 0 Å². The van der Waals surface area contributed by atoms with E-state index in [2.05, 4.69) is 10.2 Å². The molecule has 2 atom stereocenters. The second-order valence-corrected chi connectivity index (χ2v) is 8.90. The van der Waals surface area contributed by atoms with Crippen LogP contribution in [0.25, 0.3) is 11.1 Å². The Balaban J connectivity index is 1.70. The zero-order valence-electron chi connectivity index (χ0n) is 17.8. The highest BCUT2D eigenvalue weighted by atomic mass is 19.4. The number of benzene rings is 1. The Morgan fingerprint density at radius 2 is 1.33 bits per heavy atom. The summed E-state index contributed by atoms with van der Waals surface area (Å²) in [6, 6.07) is 0.907. The molecule has 4 rings (SSSR count). The lowest BCUT2D eigenvalue weighted by molar-refractivity contribution is -0.143. The lowest BCUT2D eigenvalue weighted by Gasteiger charge is -2.42. The van der Waals surface area contributed by atoms with Crippen molar-refractivity contribution < 1.29 is 26.3 Å². The molecule has 0 bridgehead atoms. The first-order valence-electron chi connectivity index (χ1n) is 11.1. The molecule has 1 heterocycles. The van der Waals surface area contributed by atoms with Gasteiger partial charge in [0.2, 0.25) is 10.9 Å². The third kappa shape index (κ3) is 4.81. The van der Waals surface area contributed by atoms with Crippen molar-refractivity contribution in [3.05, 3.63) is 49.8 Å². The van der Waals surface area contributed by atoms with Crippen molar-refractivity contribution >= 4 is 5.69 Å². The van der Waals surface area contributed by atoms with Crippen LogP contribution >= 0.6 is 0 Å². The van der Waals surface area contributed by atoms with Crippen LogP contribution in [0.4, 0.5) is 32.0 Å². The van der Waals surface area contributed by atoms with Gasteiger partial charge in [-0.15, -0.1) is 0 Å². The van der Waals surface area contributed by atoms with Crippen LogP contribution in [0.2, 0.25) is 0 Å². The van der Waals surface area contributed by atoms with E-state index in [1.54, 1.807) is 0 Å². The molecule has 4 nitrogen and oxygen atoms in total. The van der Waals surface area contributed by atoms with Crippen LogP contribution in [-0.4, -0.2) is 30.1 Å². The number of hydrogen-bond donors (Lipinski definition) is 1. The molecule has 180 valence electrons. The summed E-state index contributed by atoms with van der Waals surface area (Å²) in [5.74, 6) is 0. The zero-order chi connectivity index (χ0) is 24.0. The Hall–Kier alpha value is -2.36. The van der Waals surface area contributed by atoms with E-state index < -0.39 is 45.5 Å². The van der Waals surface area contributed by atoms with Crippen molar-refractivity contribution in [1.29, 1.82) is 0 Å². The molecule has 2 aromatic rings. The molecule has 0 unspecified atom stereocenters. The fourth-order valence-corrected chi connectivity index (χ4v) is 5.06. The minimum atomic E-state index is -5.04. The fourth-order valence-electron chi connectivity index (χ4n) is 5.06. The first-order chi connectivity index (χ1) is 15.5. The number of rotatable bonds is 4. The summed E-state index contributed by atoms with van der Waals surface area (Å²) < 4.78 is 79.6. The minimum Gasteiger partial charge on any atom is -0.377 e. The first-order valence-corrected chi connectivity index (χ1v) is 11.1. The summed E-state index contributed by atoms with van der Waals surface area (Å²) in [7, 11) is 0. The van der Waals surface area contributed by atoms with Gasteiger partial charge in [-0.1, -0.05) is 19.3 Å². The highest BCUT2D eigenvalue weighted by Crippen LogP contribution is 2.39. The van der Waals surface area contributed by atoms with E-state index in [9.17, 15) is 35.9 Å². The third-order valence-corrected chi connectivity index (χ3v) is 6.71. The summed E-state index contributed by atoms with van der Waals surface area (Å²) in [4.78, 5) is 27.0. The lowest BCUT2D eigenvalue weighted by Crippen LogP contribution is -2.52. The van der Waals surface area contributed by atoms with Gasteiger partial charge in [0.15, 0.2) is 0 Å². The topological polar surface area (TPSA) is 49.4 Å². The van der Waals surface area contributed by atoms with Crippen molar-refractivity contribution in [3.8, 4) is 11.1 Å². The van der Waals surface area contributed by atoms with E-state index in [1.165, 1.54) is 0 Å². The predicted octanol–water partition coefficient (Wildman–Crippen LogP) is 5.20. The van der Waals surface area contributed by atoms with Gasteiger partial charge in [-0.2, -0.15) is 26.3 Å². The van der Waals surface area contributed by atoms with Crippen LogP contribution in [0.15, 0.2) is 27.8 Å². The normalized spacial score (nSPS) is 23.1. The number of anilines is 1. The number of piperidine rings is 1. The quantitative estimate of drug-likeness (QED) is 0.489. The Morgan fingerprint density at radius 3 is 1.91 bits per heavy atom. The highest BCUT2D eigenvalue weighted by Gasteiger charge is 2.39. The minimum absolute atomic E-state index is 0.00957. The summed E-state index contributed by atoms with van der Waals surface area (Å²) in [6.45, 7) is 1.81. The van der Waals surface area contributed by atoms with E-state index in [0.29, 0.717) is 18.6 Å². The van der Waals surface area contributed by atoms with Gasteiger partial charge >= 0.3 is 12.4 Å². The van der Waals surface area contributed by atoms with Gasteiger partial charge in [0.05, 0.1) is 22.4 Å². The van der Waals surface area contributed by atoms with Crippen molar-refractivity contribution in [2.75, 3.05) is 18.4 Å². The van der Waals surface area contributed by atoms with Gasteiger partial charge in [-0.3, -0.25) is 14.5 Å². The second kappa shape index (κ2) is 8.77. The molecule has 1 saturated carbocycles. The first kappa shape index (κ1) is 23.8. The van der Waals surface area contributed by atoms with E-state index >= 15 is 0 Å². The van der Waals surface area contributed by atoms with Crippen molar-refractivity contribution in [2.45, 2.75) is 69.4 Å². The van der Waals surface area contributed by atoms with Crippen molar-refractivity contribution in [3.63, 3.8) is 0 Å². The number of halogens is 6. The SMILES string of the molecule is O=c1c(N[C@H]2CCCC[C@@H]2N2CCCCC2)c(-c2cc(C(F)(F)F)cc(C(F)(F)F)c2)c1=O. The number of hydrogen-bond acceptors (Lipinski definition) is 4. The van der Waals surface area contributed by atoms with Gasteiger partial charge in [-0.25, -0.2) is 0 Å². The molecule has 2 aromatic carbocycles. The molecule has 1 saturated heterocycles. The second-order valence-electron chi connectivity index (χ2n) is 8.90. The molecule has 0 aromatic heterocycles. The van der Waals surface area contributed by atoms with Gasteiger partial charge in [-0.05, 0) is 62.5 Å². The molecule has 10 heteroatoms. The summed E-state index contributed by atoms with van der Waals surface area (Å²) in [6.07, 6.45) is -3.36. The van der Waals surface area contributed by atoms with E-state index in [0.717, 1.165) is 51.6 Å². The third-order valence-electron chi connectivity index (χ3n) is 6.71. The van der Waals surface area contributed by atoms with Gasteiger partial charge in [0.25, 0.3) is 0 Å². The smallest absolute Gasteiger partial charge is 0.377 e. The molecule has 2 fully saturated rings. The van der Waals surface area contributed by atoms with Gasteiger partial charge < -0.3 is 5.32 Å². The Bertz CT molecular complexity index is 1050. The predicted molar refractivity (Wildman–Crippen MR) is 112 cm³/mol. The maximum absolute atomic E-state index is 13.3. The molecule has 2 aliphatic rings. The van der Waals surface area contributed by atoms with E-state index in [-0.39, 0.29) is 23.8 Å². The number of nitrogens with one attached hydrogen (secondary N) is 1. The van der Waals surface area contributed by atoms with Crippen molar-refractivity contribution in [1.82, 2.24) is 4.90 Å². The molecule has 1 aliphatic heterocycles. The Labute approximate surface area is 186 Å². The summed E-state index contributed by atoms with van der Waals surface area (Å²) in [5, 5.41) is 3.05. The maximum Gasteiger partial charge on any atom is 0.416 e. The van der Waals surface area contributed by atoms with Crippen LogP contribution in [0.5, 0.6) is 0 Å². The Morgan fingerprint density at radius 1 is 0.758 bits per heavy atom. The van der Waals surface area contributed by atoms with E-state index in [1.807, 2.05) is 0 Å². The van der Waals surface area contributed by atoms with Gasteiger partial charge in [0, 0.05) is 12.1 Å². The Kier molecular flexibility index (Phi) is 6.32. The van der Waals surface area contributed by atoms with Crippen LogP contribution in [-0.2, 0) is 12.4 Å². The molecule has 1 aliphatic carbocycles. The molecule has 1 N–H and O–H groups in total. The number of alkyl halides is 6. The molecule has 0 spiro atoms. The maximum atomic E-state index is 13.3. The van der Waals surface area contributed by atoms with Crippen LogP contribution in [0.1, 0.15) is 56.1 Å². The summed E-state index contributed by atoms with van der Waals surface area (Å²) in [5.41, 5.74) is -6.14. The summed E-state index contributed by atoms with van der Waals surface area (Å²) >= 11 is 0. The number of nitrogens with zero attached hydrogens (tertiary/aromatic N) is 1. The molecule has 33 heavy (non-hydrogen) atoms. The van der Waals surface area contributed by atoms with Crippen molar-refractivity contribution in [2.24, 2.45) is 0 Å². The van der Waals surface area contributed by atoms with Crippen LogP contribution in [0, 0.1) is 0 Å². The lowest BCUT2D eigenvalue weighted by atomic mass is 9.86. The monoisotopic (exact) mass is 474 g/mol. The largest absolute Gasteiger partial charge is 0.416 e. The van der Waals surface area contributed by atoms with Crippen LogP contribution < -0.4 is 16.2 Å². The molecule has 0 radical (unpaired) electrons. The standard InChI is InChI=1S/C23H24F6N2O2/c24-22(25,26)14-10-13(11-15(12-14)23(27,28)29)18-19(21(33)20(18)32)30-16-6-2-3-7-17(16)31-8-4-1-5-9-31/h10-12,16-17,30H,1-9H2/t16-,17-/m0/s1. The van der Waals surface area contributed by atoms with E-state index in [4.69, 9.17) is 0 Å². The fraction of sp³-hybridized carbons (Fsp3) is 0.565. The molecule has 0 amide bonds. The molecular weight excluding hydrogens is 450 g/mol. The van der Waals surface area contributed by atoms with Gasteiger partial charge in [0.1, 0.15) is 0 Å². The highest BCUT2D eigenvalue weighted by molar-refractivity contribution is 5.83.